The van der Waals surface area contributed by atoms with Crippen molar-refractivity contribution < 1.29 is 13.5 Å². The van der Waals surface area contributed by atoms with Crippen molar-refractivity contribution in [2.24, 2.45) is 29.6 Å². The molecule has 2 atom stereocenters. The first kappa shape index (κ1) is 24.7. The molecule has 1 aromatic carbocycles. The zero-order valence-electron chi connectivity index (χ0n) is 20.8. The van der Waals surface area contributed by atoms with Gasteiger partial charge in [0, 0.05) is 0 Å². The van der Waals surface area contributed by atoms with E-state index in [9.17, 15) is 8.78 Å². The van der Waals surface area contributed by atoms with Crippen molar-refractivity contribution in [3.05, 3.63) is 41.5 Å². The molecule has 3 aliphatic carbocycles. The summed E-state index contributed by atoms with van der Waals surface area (Å²) in [6.07, 6.45) is 21.9. The molecule has 2 saturated carbocycles. The van der Waals surface area contributed by atoms with Gasteiger partial charge in [0.15, 0.2) is 11.6 Å². The Morgan fingerprint density at radius 1 is 0.758 bits per heavy atom. The lowest BCUT2D eigenvalue weighted by Gasteiger charge is -2.38. The van der Waals surface area contributed by atoms with Crippen molar-refractivity contribution in [2.45, 2.75) is 103 Å². The van der Waals surface area contributed by atoms with Gasteiger partial charge >= 0.3 is 0 Å². The Morgan fingerprint density at radius 3 is 1.91 bits per heavy atom. The van der Waals surface area contributed by atoms with Gasteiger partial charge in [0.2, 0.25) is 5.82 Å². The molecular weight excluding hydrogens is 414 g/mol. The van der Waals surface area contributed by atoms with Gasteiger partial charge in [-0.05, 0) is 105 Å². The molecule has 184 valence electrons. The third kappa shape index (κ3) is 6.01. The van der Waals surface area contributed by atoms with Crippen molar-refractivity contribution in [1.82, 2.24) is 0 Å². The van der Waals surface area contributed by atoms with E-state index in [4.69, 9.17) is 4.74 Å². The second-order valence-electron chi connectivity index (χ2n) is 11.0. The summed E-state index contributed by atoms with van der Waals surface area (Å²) in [4.78, 5) is 0. The van der Waals surface area contributed by atoms with Gasteiger partial charge in [0.05, 0.1) is 6.61 Å². The van der Waals surface area contributed by atoms with Crippen molar-refractivity contribution in [3.8, 4) is 5.75 Å². The van der Waals surface area contributed by atoms with Crippen LogP contribution in [0.25, 0.3) is 0 Å². The third-order valence-electron chi connectivity index (χ3n) is 9.10. The summed E-state index contributed by atoms with van der Waals surface area (Å²) < 4.78 is 34.2. The fourth-order valence-corrected chi connectivity index (χ4v) is 7.03. The Labute approximate surface area is 200 Å². The normalized spacial score (nSPS) is 32.6. The highest BCUT2D eigenvalue weighted by Gasteiger charge is 2.33. The van der Waals surface area contributed by atoms with E-state index in [1.807, 2.05) is 0 Å². The van der Waals surface area contributed by atoms with E-state index in [1.165, 1.54) is 57.8 Å². The lowest BCUT2D eigenvalue weighted by Crippen LogP contribution is -2.26. The average Bonchev–Trinajstić information content (AvgIpc) is 2.86. The molecule has 0 bridgehead atoms. The van der Waals surface area contributed by atoms with Crippen LogP contribution < -0.4 is 4.74 Å². The van der Waals surface area contributed by atoms with Crippen molar-refractivity contribution in [1.29, 1.82) is 0 Å². The van der Waals surface area contributed by atoms with Crippen LogP contribution in [0.3, 0.4) is 0 Å². The van der Waals surface area contributed by atoms with E-state index in [0.29, 0.717) is 24.0 Å². The predicted molar refractivity (Wildman–Crippen MR) is 133 cm³/mol. The first-order valence-electron chi connectivity index (χ1n) is 13.9. The monoisotopic (exact) mass is 458 g/mol. The first-order valence-corrected chi connectivity index (χ1v) is 13.9. The molecule has 1 aromatic rings. The van der Waals surface area contributed by atoms with Gasteiger partial charge < -0.3 is 4.74 Å². The lowest BCUT2D eigenvalue weighted by molar-refractivity contribution is 0.186. The van der Waals surface area contributed by atoms with E-state index in [1.54, 1.807) is 19.1 Å². The molecule has 3 heteroatoms. The summed E-state index contributed by atoms with van der Waals surface area (Å²) in [7, 11) is 0. The Kier molecular flexibility index (Phi) is 8.88. The predicted octanol–water partition coefficient (Wildman–Crippen LogP) is 9.22. The molecule has 0 aliphatic heterocycles. The summed E-state index contributed by atoms with van der Waals surface area (Å²) in [5, 5.41) is 0. The Balaban J connectivity index is 1.25. The maximum atomic E-state index is 14.7. The number of benzene rings is 1. The summed E-state index contributed by atoms with van der Waals surface area (Å²) in [6.45, 7) is 4.43. The van der Waals surface area contributed by atoms with Crippen LogP contribution in [-0.2, 0) is 0 Å². The quantitative estimate of drug-likeness (QED) is 0.353. The van der Waals surface area contributed by atoms with Crippen LogP contribution in [0.4, 0.5) is 8.78 Å². The highest BCUT2D eigenvalue weighted by molar-refractivity contribution is 5.33. The van der Waals surface area contributed by atoms with E-state index >= 15 is 0 Å². The topological polar surface area (TPSA) is 9.23 Å². The molecule has 0 N–H and O–H groups in total. The lowest BCUT2D eigenvalue weighted by atomic mass is 9.67. The molecule has 0 spiro atoms. The third-order valence-corrected chi connectivity index (χ3v) is 9.10. The summed E-state index contributed by atoms with van der Waals surface area (Å²) in [5.74, 6) is 2.73. The standard InChI is InChI=1S/C30H44F2O/c1-3-5-6-21-7-9-22(10-8-21)23-11-13-24(14-12-23)25-15-17-26(18-16-25)27-19-20-28(33-4-2)30(32)29(27)31/h11,13,19-26H,3-10,12,14-18H2,1-2H3. The van der Waals surface area contributed by atoms with Crippen molar-refractivity contribution in [3.63, 3.8) is 0 Å². The zero-order chi connectivity index (χ0) is 23.2. The summed E-state index contributed by atoms with van der Waals surface area (Å²) >= 11 is 0. The van der Waals surface area contributed by atoms with Gasteiger partial charge in [0.25, 0.3) is 0 Å². The molecule has 0 saturated heterocycles. The Hall–Kier alpha value is -1.38. The van der Waals surface area contributed by atoms with Gasteiger partial charge in [-0.15, -0.1) is 0 Å². The van der Waals surface area contributed by atoms with Crippen LogP contribution in [0.5, 0.6) is 5.75 Å². The Bertz CT molecular complexity index is 772. The minimum absolute atomic E-state index is 0.0313. The number of hydrogen-bond acceptors (Lipinski definition) is 1. The van der Waals surface area contributed by atoms with Crippen LogP contribution in [0.1, 0.15) is 109 Å². The van der Waals surface area contributed by atoms with Crippen LogP contribution in [0.2, 0.25) is 0 Å². The number of hydrogen-bond donors (Lipinski definition) is 0. The minimum Gasteiger partial charge on any atom is -0.491 e. The molecule has 3 aliphatic rings. The van der Waals surface area contributed by atoms with Gasteiger partial charge in [-0.1, -0.05) is 57.2 Å². The van der Waals surface area contributed by atoms with E-state index in [-0.39, 0.29) is 11.7 Å². The van der Waals surface area contributed by atoms with Crippen molar-refractivity contribution >= 4 is 0 Å². The fourth-order valence-electron chi connectivity index (χ4n) is 7.03. The zero-order valence-corrected chi connectivity index (χ0v) is 20.8. The fraction of sp³-hybridized carbons (Fsp3) is 0.733. The highest BCUT2D eigenvalue weighted by atomic mass is 19.2. The highest BCUT2D eigenvalue weighted by Crippen LogP contribution is 2.45. The molecule has 2 unspecified atom stereocenters. The second kappa shape index (κ2) is 11.8. The van der Waals surface area contributed by atoms with E-state index < -0.39 is 11.6 Å². The molecule has 0 heterocycles. The maximum absolute atomic E-state index is 14.7. The summed E-state index contributed by atoms with van der Waals surface area (Å²) in [6, 6.07) is 3.35. The molecule has 0 amide bonds. The molecule has 4 rings (SSSR count). The largest absolute Gasteiger partial charge is 0.491 e. The van der Waals surface area contributed by atoms with E-state index in [2.05, 4.69) is 19.1 Å². The van der Waals surface area contributed by atoms with Crippen molar-refractivity contribution in [2.75, 3.05) is 6.61 Å². The smallest absolute Gasteiger partial charge is 0.200 e. The minimum atomic E-state index is -0.822. The molecule has 0 radical (unpaired) electrons. The van der Waals surface area contributed by atoms with E-state index in [0.717, 1.165) is 43.4 Å². The van der Waals surface area contributed by atoms with Crippen LogP contribution in [-0.4, -0.2) is 6.61 Å². The van der Waals surface area contributed by atoms with Gasteiger partial charge in [-0.2, -0.15) is 4.39 Å². The number of ether oxygens (including phenoxy) is 1. The molecule has 1 nitrogen and oxygen atoms in total. The number of rotatable bonds is 8. The maximum Gasteiger partial charge on any atom is 0.200 e. The van der Waals surface area contributed by atoms with Crippen LogP contribution >= 0.6 is 0 Å². The molecule has 0 aromatic heterocycles. The molecule has 2 fully saturated rings. The average molecular weight is 459 g/mol. The number of unbranched alkanes of at least 4 members (excludes halogenated alkanes) is 1. The number of allylic oxidation sites excluding steroid dienone is 2. The molecule has 33 heavy (non-hydrogen) atoms. The molecular formula is C30H44F2O. The first-order chi connectivity index (χ1) is 16.1. The van der Waals surface area contributed by atoms with Gasteiger partial charge in [0.1, 0.15) is 0 Å². The van der Waals surface area contributed by atoms with Gasteiger partial charge in [-0.3, -0.25) is 0 Å². The summed E-state index contributed by atoms with van der Waals surface area (Å²) in [5.41, 5.74) is 0.545. The van der Waals surface area contributed by atoms with Gasteiger partial charge in [-0.25, -0.2) is 4.39 Å². The SMILES string of the molecule is CCCCC1CCC(C2C=CC(C3CCC(c4ccc(OCC)c(F)c4F)CC3)CC2)CC1. The second-order valence-corrected chi connectivity index (χ2v) is 11.0. The van der Waals surface area contributed by atoms with Crippen LogP contribution in [0, 0.1) is 41.2 Å². The number of halogens is 2. The van der Waals surface area contributed by atoms with Crippen LogP contribution in [0.15, 0.2) is 24.3 Å². The Morgan fingerprint density at radius 2 is 1.36 bits per heavy atom.